The molecule has 5 nitrogen and oxygen atoms in total. The van der Waals surface area contributed by atoms with Crippen molar-refractivity contribution in [2.45, 2.75) is 52.6 Å². The molecule has 0 radical (unpaired) electrons. The molecular formula is C16H25NO4. The van der Waals surface area contributed by atoms with Crippen LogP contribution >= 0.6 is 0 Å². The molecule has 2 aliphatic carbocycles. The lowest BCUT2D eigenvalue weighted by Gasteiger charge is -2.54. The number of hydrogen-bond donors (Lipinski definition) is 1. The van der Waals surface area contributed by atoms with E-state index in [1.165, 1.54) is 19.9 Å². The zero-order valence-corrected chi connectivity index (χ0v) is 13.3. The number of nitroso groups, excluding NO2 is 1. The third kappa shape index (κ3) is 2.52. The third-order valence-electron chi connectivity index (χ3n) is 5.60. The van der Waals surface area contributed by atoms with E-state index in [0.717, 1.165) is 12.0 Å². The number of hydrogen-bond acceptors (Lipinski definition) is 5. The van der Waals surface area contributed by atoms with Gasteiger partial charge in [0.05, 0.1) is 18.7 Å². The Morgan fingerprint density at radius 1 is 1.29 bits per heavy atom. The van der Waals surface area contributed by atoms with Gasteiger partial charge in [-0.3, -0.25) is 0 Å². The Labute approximate surface area is 125 Å². The maximum absolute atomic E-state index is 11.8. The van der Waals surface area contributed by atoms with E-state index in [2.05, 4.69) is 25.9 Å². The van der Waals surface area contributed by atoms with Crippen LogP contribution in [-0.2, 0) is 9.53 Å². The number of carbonyl (C=O) groups is 1. The lowest BCUT2D eigenvalue weighted by molar-refractivity contribution is -0.137. The fourth-order valence-electron chi connectivity index (χ4n) is 4.63. The first-order chi connectivity index (χ1) is 9.78. The molecule has 0 aromatic rings. The zero-order chi connectivity index (χ0) is 15.8. The number of fused-ring (bicyclic) bond motifs is 2. The molecule has 1 saturated carbocycles. The molecular weight excluding hydrogens is 270 g/mol. The Bertz CT molecular complexity index is 483. The molecule has 118 valence electrons. The highest BCUT2D eigenvalue weighted by molar-refractivity contribution is 5.93. The van der Waals surface area contributed by atoms with Gasteiger partial charge in [-0.15, -0.1) is 0 Å². The SMILES string of the molecule is CC1(C)CCCC2(C)C3=C(C(=O)OC3)C(O)CC12.CN=O. The fourth-order valence-corrected chi connectivity index (χ4v) is 4.63. The van der Waals surface area contributed by atoms with Gasteiger partial charge in [0, 0.05) is 0 Å². The van der Waals surface area contributed by atoms with Crippen molar-refractivity contribution in [2.24, 2.45) is 21.9 Å². The van der Waals surface area contributed by atoms with Crippen molar-refractivity contribution in [1.82, 2.24) is 0 Å². The fraction of sp³-hybridized carbons (Fsp3) is 0.812. The van der Waals surface area contributed by atoms with Gasteiger partial charge in [0.1, 0.15) is 6.61 Å². The van der Waals surface area contributed by atoms with E-state index in [1.807, 2.05) is 0 Å². The van der Waals surface area contributed by atoms with Crippen LogP contribution in [0.1, 0.15) is 46.5 Å². The monoisotopic (exact) mass is 295 g/mol. The maximum atomic E-state index is 11.8. The molecule has 1 fully saturated rings. The van der Waals surface area contributed by atoms with Crippen molar-refractivity contribution in [3.05, 3.63) is 16.1 Å². The molecule has 21 heavy (non-hydrogen) atoms. The predicted molar refractivity (Wildman–Crippen MR) is 79.6 cm³/mol. The molecule has 5 heteroatoms. The van der Waals surface area contributed by atoms with Crippen LogP contribution in [-0.4, -0.2) is 30.8 Å². The van der Waals surface area contributed by atoms with Crippen molar-refractivity contribution in [1.29, 1.82) is 0 Å². The summed E-state index contributed by atoms with van der Waals surface area (Å²) in [5.74, 6) is 0.155. The summed E-state index contributed by atoms with van der Waals surface area (Å²) in [6, 6.07) is 0. The minimum absolute atomic E-state index is 0.0441. The number of esters is 1. The minimum Gasteiger partial charge on any atom is -0.458 e. The molecule has 3 aliphatic rings. The first kappa shape index (κ1) is 16.1. The van der Waals surface area contributed by atoms with E-state index in [-0.39, 0.29) is 16.8 Å². The lowest BCUT2D eigenvalue weighted by atomic mass is 9.50. The number of nitrogens with zero attached hydrogens (tertiary/aromatic N) is 1. The van der Waals surface area contributed by atoms with Crippen LogP contribution in [0.3, 0.4) is 0 Å². The number of ether oxygens (including phenoxy) is 1. The summed E-state index contributed by atoms with van der Waals surface area (Å²) in [4.78, 5) is 20.3. The summed E-state index contributed by atoms with van der Waals surface area (Å²) in [6.07, 6.45) is 3.60. The molecule has 1 aliphatic heterocycles. The molecule has 1 N–H and O–H groups in total. The topological polar surface area (TPSA) is 76.0 Å². The standard InChI is InChI=1S/C15H22O3.CH3NO/c1-14(2)5-4-6-15(3)9-8-18-13(17)12(9)10(16)7-11(14)15;1-2-3/h10-11,16H,4-8H2,1-3H3;1H3. The highest BCUT2D eigenvalue weighted by Gasteiger charge is 2.55. The third-order valence-corrected chi connectivity index (χ3v) is 5.60. The lowest BCUT2D eigenvalue weighted by Crippen LogP contribution is -2.48. The van der Waals surface area contributed by atoms with Crippen LogP contribution in [0.5, 0.6) is 0 Å². The Hall–Kier alpha value is -1.23. The normalized spacial score (nSPS) is 36.9. The highest BCUT2D eigenvalue weighted by atomic mass is 16.5. The quantitative estimate of drug-likeness (QED) is 0.550. The molecule has 3 unspecified atom stereocenters. The Morgan fingerprint density at radius 2 is 1.90 bits per heavy atom. The summed E-state index contributed by atoms with van der Waals surface area (Å²) in [7, 11) is 1.19. The average Bonchev–Trinajstić information content (AvgIpc) is 2.77. The molecule has 0 bridgehead atoms. The van der Waals surface area contributed by atoms with Crippen molar-refractivity contribution in [3.8, 4) is 0 Å². The van der Waals surface area contributed by atoms with E-state index >= 15 is 0 Å². The van der Waals surface area contributed by atoms with Gasteiger partial charge in [-0.2, -0.15) is 4.91 Å². The number of aliphatic hydroxyl groups excluding tert-OH is 1. The van der Waals surface area contributed by atoms with Gasteiger partial charge in [0.25, 0.3) is 0 Å². The molecule has 0 aromatic carbocycles. The van der Waals surface area contributed by atoms with Gasteiger partial charge < -0.3 is 9.84 Å². The van der Waals surface area contributed by atoms with Gasteiger partial charge in [-0.1, -0.05) is 32.4 Å². The number of carbonyl (C=O) groups excluding carboxylic acids is 1. The summed E-state index contributed by atoms with van der Waals surface area (Å²) in [5, 5.41) is 12.5. The number of cyclic esters (lactones) is 1. The Kier molecular flexibility index (Phi) is 4.24. The second-order valence-corrected chi connectivity index (χ2v) is 7.21. The van der Waals surface area contributed by atoms with Crippen LogP contribution < -0.4 is 0 Å². The van der Waals surface area contributed by atoms with Gasteiger partial charge in [0.2, 0.25) is 0 Å². The van der Waals surface area contributed by atoms with Gasteiger partial charge >= 0.3 is 5.97 Å². The summed E-state index contributed by atoms with van der Waals surface area (Å²) >= 11 is 0. The molecule has 0 amide bonds. The summed E-state index contributed by atoms with van der Waals surface area (Å²) < 4.78 is 5.18. The van der Waals surface area contributed by atoms with Gasteiger partial charge in [-0.25, -0.2) is 4.79 Å². The second-order valence-electron chi connectivity index (χ2n) is 7.21. The van der Waals surface area contributed by atoms with Crippen LogP contribution in [0.25, 0.3) is 0 Å². The average molecular weight is 295 g/mol. The smallest absolute Gasteiger partial charge is 0.337 e. The van der Waals surface area contributed by atoms with E-state index in [0.29, 0.717) is 24.5 Å². The molecule has 3 rings (SSSR count). The van der Waals surface area contributed by atoms with Crippen LogP contribution in [0, 0.1) is 21.7 Å². The molecule has 0 aromatic heterocycles. The molecule has 0 saturated heterocycles. The van der Waals surface area contributed by atoms with E-state index in [9.17, 15) is 9.90 Å². The first-order valence-corrected chi connectivity index (χ1v) is 7.58. The van der Waals surface area contributed by atoms with E-state index in [1.54, 1.807) is 0 Å². The van der Waals surface area contributed by atoms with Gasteiger partial charge in [0.15, 0.2) is 0 Å². The van der Waals surface area contributed by atoms with Crippen LogP contribution in [0.2, 0.25) is 0 Å². The van der Waals surface area contributed by atoms with Crippen molar-refractivity contribution in [2.75, 3.05) is 13.7 Å². The van der Waals surface area contributed by atoms with Crippen molar-refractivity contribution >= 4 is 5.97 Å². The zero-order valence-electron chi connectivity index (χ0n) is 13.3. The number of rotatable bonds is 0. The largest absolute Gasteiger partial charge is 0.458 e. The van der Waals surface area contributed by atoms with Crippen LogP contribution in [0.4, 0.5) is 0 Å². The van der Waals surface area contributed by atoms with Crippen LogP contribution in [0.15, 0.2) is 16.3 Å². The highest BCUT2D eigenvalue weighted by Crippen LogP contribution is 2.60. The Morgan fingerprint density at radius 3 is 2.52 bits per heavy atom. The van der Waals surface area contributed by atoms with Gasteiger partial charge in [-0.05, 0) is 41.6 Å². The predicted octanol–water partition coefficient (Wildman–Crippen LogP) is 2.82. The molecule has 0 spiro atoms. The summed E-state index contributed by atoms with van der Waals surface area (Å²) in [6.45, 7) is 7.26. The second kappa shape index (κ2) is 5.52. The van der Waals surface area contributed by atoms with E-state index < -0.39 is 6.10 Å². The molecule has 1 heterocycles. The summed E-state index contributed by atoms with van der Waals surface area (Å²) in [5.41, 5.74) is 1.94. The van der Waals surface area contributed by atoms with E-state index in [4.69, 9.17) is 9.64 Å². The van der Waals surface area contributed by atoms with Crippen molar-refractivity contribution in [3.63, 3.8) is 0 Å². The number of aliphatic hydroxyl groups is 1. The van der Waals surface area contributed by atoms with Crippen molar-refractivity contribution < 1.29 is 14.6 Å². The minimum atomic E-state index is -0.620. The molecule has 3 atom stereocenters. The maximum Gasteiger partial charge on any atom is 0.337 e. The Balaban J connectivity index is 0.000000497. The first-order valence-electron chi connectivity index (χ1n) is 7.58.